The van der Waals surface area contributed by atoms with Crippen LogP contribution in [0.1, 0.15) is 17.0 Å². The number of nitrogens with one attached hydrogen (secondary N) is 1. The van der Waals surface area contributed by atoms with Crippen molar-refractivity contribution < 1.29 is 4.39 Å². The molecule has 0 aliphatic rings. The molecule has 0 saturated carbocycles. The average Bonchev–Trinajstić information content (AvgIpc) is 2.32. The Morgan fingerprint density at radius 2 is 2.00 bits per heavy atom. The van der Waals surface area contributed by atoms with E-state index >= 15 is 0 Å². The average molecular weight is 232 g/mol. The summed E-state index contributed by atoms with van der Waals surface area (Å²) in [5.41, 5.74) is 2.56. The van der Waals surface area contributed by atoms with E-state index in [0.717, 1.165) is 17.0 Å². The summed E-state index contributed by atoms with van der Waals surface area (Å²) in [5, 5.41) is 3.16. The van der Waals surface area contributed by atoms with E-state index in [-0.39, 0.29) is 5.82 Å². The molecule has 2 aromatic heterocycles. The van der Waals surface area contributed by atoms with Crippen LogP contribution >= 0.6 is 0 Å². The van der Waals surface area contributed by atoms with Crippen LogP contribution in [-0.2, 0) is 13.1 Å². The quantitative estimate of drug-likeness (QED) is 0.870. The summed E-state index contributed by atoms with van der Waals surface area (Å²) in [5.74, 6) is -0.320. The third-order valence-corrected chi connectivity index (χ3v) is 2.23. The molecule has 0 radical (unpaired) electrons. The molecule has 17 heavy (non-hydrogen) atoms. The van der Waals surface area contributed by atoms with Gasteiger partial charge in [-0.2, -0.15) is 0 Å². The van der Waals surface area contributed by atoms with Crippen molar-refractivity contribution in [3.8, 4) is 0 Å². The van der Waals surface area contributed by atoms with Crippen molar-refractivity contribution in [3.05, 3.63) is 53.6 Å². The van der Waals surface area contributed by atoms with Gasteiger partial charge in [-0.25, -0.2) is 4.39 Å². The Morgan fingerprint density at radius 3 is 2.71 bits per heavy atom. The predicted molar refractivity (Wildman–Crippen MR) is 61.5 cm³/mol. The second kappa shape index (κ2) is 5.45. The van der Waals surface area contributed by atoms with Crippen molar-refractivity contribution in [2.75, 3.05) is 0 Å². The molecule has 0 aromatic carbocycles. The number of rotatable bonds is 4. The number of nitrogens with zero attached hydrogens (tertiary/aromatic N) is 3. The van der Waals surface area contributed by atoms with E-state index in [1.807, 2.05) is 6.92 Å². The first-order valence-electron chi connectivity index (χ1n) is 5.32. The lowest BCUT2D eigenvalue weighted by Gasteiger charge is -2.04. The Bertz CT molecular complexity index is 484. The van der Waals surface area contributed by atoms with Crippen LogP contribution in [0.4, 0.5) is 4.39 Å². The van der Waals surface area contributed by atoms with E-state index in [1.165, 1.54) is 12.3 Å². The summed E-state index contributed by atoms with van der Waals surface area (Å²) in [6.07, 6.45) is 6.28. The second-order valence-corrected chi connectivity index (χ2v) is 3.76. The van der Waals surface area contributed by atoms with Crippen molar-refractivity contribution >= 4 is 0 Å². The molecule has 0 unspecified atom stereocenters. The summed E-state index contributed by atoms with van der Waals surface area (Å²) in [7, 11) is 0. The van der Waals surface area contributed by atoms with Gasteiger partial charge in [0.1, 0.15) is 5.82 Å². The molecular formula is C12H13FN4. The molecule has 0 fully saturated rings. The van der Waals surface area contributed by atoms with E-state index in [4.69, 9.17) is 0 Å². The third-order valence-electron chi connectivity index (χ3n) is 2.23. The van der Waals surface area contributed by atoms with Crippen LogP contribution in [0.25, 0.3) is 0 Å². The van der Waals surface area contributed by atoms with Gasteiger partial charge >= 0.3 is 0 Å². The summed E-state index contributed by atoms with van der Waals surface area (Å²) < 4.78 is 12.8. The fourth-order valence-corrected chi connectivity index (χ4v) is 1.40. The van der Waals surface area contributed by atoms with E-state index in [1.54, 1.807) is 18.6 Å². The van der Waals surface area contributed by atoms with Gasteiger partial charge in [-0.05, 0) is 18.6 Å². The fourth-order valence-electron chi connectivity index (χ4n) is 1.40. The maximum Gasteiger partial charge on any atom is 0.141 e. The number of aryl methyl sites for hydroxylation is 1. The Kier molecular flexibility index (Phi) is 3.72. The third kappa shape index (κ3) is 3.57. The van der Waals surface area contributed by atoms with Crippen molar-refractivity contribution in [2.45, 2.75) is 20.0 Å². The molecule has 2 aromatic rings. The van der Waals surface area contributed by atoms with Gasteiger partial charge < -0.3 is 5.32 Å². The first kappa shape index (κ1) is 11.6. The Hall–Kier alpha value is -1.88. The van der Waals surface area contributed by atoms with Crippen molar-refractivity contribution in [3.63, 3.8) is 0 Å². The Morgan fingerprint density at radius 1 is 1.12 bits per heavy atom. The van der Waals surface area contributed by atoms with E-state index in [2.05, 4.69) is 20.3 Å². The largest absolute Gasteiger partial charge is 0.307 e. The van der Waals surface area contributed by atoms with Gasteiger partial charge in [-0.15, -0.1) is 0 Å². The predicted octanol–water partition coefficient (Wildman–Crippen LogP) is 1.61. The molecule has 2 rings (SSSR count). The first-order valence-corrected chi connectivity index (χ1v) is 5.32. The highest BCUT2D eigenvalue weighted by Gasteiger charge is 1.98. The van der Waals surface area contributed by atoms with E-state index in [9.17, 15) is 4.39 Å². The molecule has 5 heteroatoms. The maximum atomic E-state index is 12.8. The molecular weight excluding hydrogens is 219 g/mol. The highest BCUT2D eigenvalue weighted by molar-refractivity contribution is 5.10. The Balaban J connectivity index is 1.85. The lowest BCUT2D eigenvalue weighted by atomic mass is 10.3. The number of hydrogen-bond acceptors (Lipinski definition) is 4. The highest BCUT2D eigenvalue weighted by Crippen LogP contribution is 2.01. The zero-order valence-corrected chi connectivity index (χ0v) is 9.52. The van der Waals surface area contributed by atoms with Crippen molar-refractivity contribution in [1.82, 2.24) is 20.3 Å². The molecule has 0 aliphatic heterocycles. The monoisotopic (exact) mass is 232 g/mol. The molecule has 0 amide bonds. The lowest BCUT2D eigenvalue weighted by molar-refractivity contribution is 0.611. The smallest absolute Gasteiger partial charge is 0.141 e. The molecule has 0 saturated heterocycles. The molecule has 0 spiro atoms. The van der Waals surface area contributed by atoms with Crippen LogP contribution in [0.5, 0.6) is 0 Å². The minimum atomic E-state index is -0.320. The SMILES string of the molecule is Cc1cnc(CNCc2cncc(F)c2)cn1. The van der Waals surface area contributed by atoms with E-state index in [0.29, 0.717) is 13.1 Å². The normalized spacial score (nSPS) is 10.5. The van der Waals surface area contributed by atoms with Crippen LogP contribution in [0, 0.1) is 12.7 Å². The summed E-state index contributed by atoms with van der Waals surface area (Å²) in [4.78, 5) is 12.1. The van der Waals surface area contributed by atoms with Crippen LogP contribution in [0.2, 0.25) is 0 Å². The van der Waals surface area contributed by atoms with Crippen LogP contribution in [0.3, 0.4) is 0 Å². The summed E-state index contributed by atoms with van der Waals surface area (Å²) >= 11 is 0. The minimum Gasteiger partial charge on any atom is -0.307 e. The topological polar surface area (TPSA) is 50.7 Å². The van der Waals surface area contributed by atoms with Gasteiger partial charge in [0, 0.05) is 31.7 Å². The molecule has 0 aliphatic carbocycles. The van der Waals surface area contributed by atoms with Gasteiger partial charge in [0.2, 0.25) is 0 Å². The maximum absolute atomic E-state index is 12.8. The van der Waals surface area contributed by atoms with Crippen LogP contribution < -0.4 is 5.32 Å². The van der Waals surface area contributed by atoms with Crippen LogP contribution in [-0.4, -0.2) is 15.0 Å². The highest BCUT2D eigenvalue weighted by atomic mass is 19.1. The van der Waals surface area contributed by atoms with E-state index < -0.39 is 0 Å². The number of aromatic nitrogens is 3. The van der Waals surface area contributed by atoms with Crippen molar-refractivity contribution in [2.24, 2.45) is 0 Å². The second-order valence-electron chi connectivity index (χ2n) is 3.76. The summed E-state index contributed by atoms with van der Waals surface area (Å²) in [6.45, 7) is 3.05. The van der Waals surface area contributed by atoms with Crippen molar-refractivity contribution in [1.29, 1.82) is 0 Å². The lowest BCUT2D eigenvalue weighted by Crippen LogP contribution is -2.14. The van der Waals surface area contributed by atoms with Gasteiger partial charge in [0.15, 0.2) is 0 Å². The number of hydrogen-bond donors (Lipinski definition) is 1. The zero-order chi connectivity index (χ0) is 12.1. The zero-order valence-electron chi connectivity index (χ0n) is 9.52. The fraction of sp³-hybridized carbons (Fsp3) is 0.250. The number of halogens is 1. The van der Waals surface area contributed by atoms with Gasteiger partial charge in [-0.3, -0.25) is 15.0 Å². The minimum absolute atomic E-state index is 0.320. The van der Waals surface area contributed by atoms with Gasteiger partial charge in [0.25, 0.3) is 0 Å². The molecule has 88 valence electrons. The van der Waals surface area contributed by atoms with Gasteiger partial charge in [0.05, 0.1) is 17.6 Å². The molecule has 0 bridgehead atoms. The molecule has 2 heterocycles. The summed E-state index contributed by atoms with van der Waals surface area (Å²) in [6, 6.07) is 1.46. The first-order chi connectivity index (χ1) is 8.24. The standard InChI is InChI=1S/C12H13FN4/c1-9-3-17-12(8-16-9)7-15-5-10-2-11(13)6-14-4-10/h2-4,6,8,15H,5,7H2,1H3. The van der Waals surface area contributed by atoms with Gasteiger partial charge in [-0.1, -0.05) is 0 Å². The van der Waals surface area contributed by atoms with Crippen LogP contribution in [0.15, 0.2) is 30.9 Å². The Labute approximate surface area is 99.0 Å². The molecule has 1 N–H and O–H groups in total. The number of pyridine rings is 1. The molecule has 0 atom stereocenters. The molecule has 4 nitrogen and oxygen atoms in total.